The van der Waals surface area contributed by atoms with Crippen LogP contribution < -0.4 is 0 Å². The number of hydrogen-bond acceptors (Lipinski definition) is 3. The standard InChI is InChI=1S/C26H24BrNO2S/c1-18(17-31(2,29)30)24-14-23-7-4-12-28-26(23)25(15-24)22-6-3-5-21(13-22)20-10-8-19(16-27)9-11-20/h3-15,18H,16-17H2,1-2H3. The highest BCUT2D eigenvalue weighted by Crippen LogP contribution is 2.34. The van der Waals surface area contributed by atoms with Gasteiger partial charge in [-0.1, -0.05) is 71.4 Å². The van der Waals surface area contributed by atoms with Gasteiger partial charge in [-0.15, -0.1) is 0 Å². The predicted molar refractivity (Wildman–Crippen MR) is 133 cm³/mol. The molecule has 1 atom stereocenters. The molecule has 0 spiro atoms. The summed E-state index contributed by atoms with van der Waals surface area (Å²) in [5.74, 6) is 0.0244. The Morgan fingerprint density at radius 1 is 0.903 bits per heavy atom. The molecule has 0 aliphatic carbocycles. The number of alkyl halides is 1. The lowest BCUT2D eigenvalue weighted by Gasteiger charge is -2.15. The minimum Gasteiger partial charge on any atom is -0.256 e. The normalized spacial score (nSPS) is 12.7. The van der Waals surface area contributed by atoms with Crippen molar-refractivity contribution < 1.29 is 8.42 Å². The van der Waals surface area contributed by atoms with E-state index in [9.17, 15) is 8.42 Å². The third-order valence-corrected chi connectivity index (χ3v) is 7.22. The Balaban J connectivity index is 1.83. The first-order valence-corrected chi connectivity index (χ1v) is 13.3. The highest BCUT2D eigenvalue weighted by Gasteiger charge is 2.16. The summed E-state index contributed by atoms with van der Waals surface area (Å²) in [4.78, 5) is 4.63. The molecule has 0 radical (unpaired) electrons. The van der Waals surface area contributed by atoms with Crippen LogP contribution >= 0.6 is 15.9 Å². The fraction of sp³-hybridized carbons (Fsp3) is 0.192. The molecule has 1 aromatic heterocycles. The molecule has 0 N–H and O–H groups in total. The number of hydrogen-bond donors (Lipinski definition) is 0. The Morgan fingerprint density at radius 3 is 2.35 bits per heavy atom. The second-order valence-corrected chi connectivity index (χ2v) is 10.8. The third kappa shape index (κ3) is 5.05. The number of halogens is 1. The Labute approximate surface area is 192 Å². The van der Waals surface area contributed by atoms with E-state index in [1.807, 2.05) is 19.1 Å². The van der Waals surface area contributed by atoms with Gasteiger partial charge in [0.05, 0.1) is 11.3 Å². The topological polar surface area (TPSA) is 47.0 Å². The highest BCUT2D eigenvalue weighted by atomic mass is 79.9. The van der Waals surface area contributed by atoms with Gasteiger partial charge in [-0.05, 0) is 58.0 Å². The molecule has 0 saturated carbocycles. The van der Waals surface area contributed by atoms with Gasteiger partial charge in [-0.2, -0.15) is 0 Å². The minimum atomic E-state index is -3.07. The van der Waals surface area contributed by atoms with Gasteiger partial charge in [0.15, 0.2) is 0 Å². The maximum atomic E-state index is 11.9. The maximum absolute atomic E-state index is 11.9. The zero-order chi connectivity index (χ0) is 22.0. The highest BCUT2D eigenvalue weighted by molar-refractivity contribution is 9.08. The molecule has 0 saturated heterocycles. The summed E-state index contributed by atoms with van der Waals surface area (Å²) < 4.78 is 23.7. The van der Waals surface area contributed by atoms with Crippen LogP contribution in [0.2, 0.25) is 0 Å². The summed E-state index contributed by atoms with van der Waals surface area (Å²) in [5, 5.41) is 1.85. The smallest absolute Gasteiger partial charge is 0.148 e. The van der Waals surface area contributed by atoms with Crippen LogP contribution in [0.1, 0.15) is 24.0 Å². The predicted octanol–water partition coefficient (Wildman–Crippen LogP) is 6.61. The third-order valence-electron chi connectivity index (χ3n) is 5.46. The Bertz CT molecular complexity index is 1330. The average Bonchev–Trinajstić information content (AvgIpc) is 2.77. The minimum absolute atomic E-state index is 0.0988. The van der Waals surface area contributed by atoms with E-state index in [1.54, 1.807) is 6.20 Å². The van der Waals surface area contributed by atoms with Crippen LogP contribution in [0.15, 0.2) is 79.0 Å². The van der Waals surface area contributed by atoms with Gasteiger partial charge < -0.3 is 0 Å². The first-order valence-electron chi connectivity index (χ1n) is 10.2. The quantitative estimate of drug-likeness (QED) is 0.283. The summed E-state index contributed by atoms with van der Waals surface area (Å²) in [6.07, 6.45) is 3.09. The van der Waals surface area contributed by atoms with Crippen molar-refractivity contribution in [2.24, 2.45) is 0 Å². The van der Waals surface area contributed by atoms with Crippen LogP contribution in [0.5, 0.6) is 0 Å². The first kappa shape index (κ1) is 21.7. The van der Waals surface area contributed by atoms with Gasteiger partial charge in [-0.3, -0.25) is 4.98 Å². The van der Waals surface area contributed by atoms with Crippen molar-refractivity contribution in [1.82, 2.24) is 4.98 Å². The van der Waals surface area contributed by atoms with Crippen LogP contribution in [0.3, 0.4) is 0 Å². The molecule has 31 heavy (non-hydrogen) atoms. The molecular weight excluding hydrogens is 470 g/mol. The fourth-order valence-electron chi connectivity index (χ4n) is 3.92. The van der Waals surface area contributed by atoms with Crippen LogP contribution in [-0.4, -0.2) is 25.4 Å². The molecule has 4 rings (SSSR count). The van der Waals surface area contributed by atoms with Gasteiger partial charge in [0, 0.05) is 28.7 Å². The number of pyridine rings is 1. The Kier molecular flexibility index (Phi) is 6.26. The van der Waals surface area contributed by atoms with Crippen LogP contribution in [0, 0.1) is 0 Å². The summed E-state index contributed by atoms with van der Waals surface area (Å²) in [5.41, 5.74) is 7.55. The molecule has 0 bridgehead atoms. The summed E-state index contributed by atoms with van der Waals surface area (Å²) >= 11 is 3.50. The second kappa shape index (κ2) is 8.93. The lowest BCUT2D eigenvalue weighted by atomic mass is 9.92. The van der Waals surface area contributed by atoms with Crippen molar-refractivity contribution in [3.05, 3.63) is 90.1 Å². The number of sulfone groups is 1. The molecule has 1 heterocycles. The molecular formula is C26H24BrNO2S. The van der Waals surface area contributed by atoms with Crippen molar-refractivity contribution in [1.29, 1.82) is 0 Å². The lowest BCUT2D eigenvalue weighted by molar-refractivity contribution is 0.596. The van der Waals surface area contributed by atoms with Gasteiger partial charge in [0.2, 0.25) is 0 Å². The van der Waals surface area contributed by atoms with E-state index in [1.165, 1.54) is 11.8 Å². The van der Waals surface area contributed by atoms with E-state index < -0.39 is 9.84 Å². The number of nitrogens with zero attached hydrogens (tertiary/aromatic N) is 1. The van der Waals surface area contributed by atoms with Crippen molar-refractivity contribution in [2.75, 3.05) is 12.0 Å². The van der Waals surface area contributed by atoms with E-state index in [4.69, 9.17) is 0 Å². The SMILES string of the molecule is CC(CS(C)(=O)=O)c1cc(-c2cccc(-c3ccc(CBr)cc3)c2)c2ncccc2c1. The van der Waals surface area contributed by atoms with Gasteiger partial charge in [0.1, 0.15) is 9.84 Å². The van der Waals surface area contributed by atoms with E-state index >= 15 is 0 Å². The van der Waals surface area contributed by atoms with E-state index in [-0.39, 0.29) is 11.7 Å². The van der Waals surface area contributed by atoms with Crippen molar-refractivity contribution in [2.45, 2.75) is 18.2 Å². The van der Waals surface area contributed by atoms with Crippen molar-refractivity contribution >= 4 is 36.7 Å². The average molecular weight is 494 g/mol. The zero-order valence-electron chi connectivity index (χ0n) is 17.5. The molecule has 5 heteroatoms. The molecule has 0 fully saturated rings. The first-order chi connectivity index (χ1) is 14.8. The maximum Gasteiger partial charge on any atom is 0.148 e. The van der Waals surface area contributed by atoms with Crippen LogP contribution in [0.4, 0.5) is 0 Å². The van der Waals surface area contributed by atoms with Crippen LogP contribution in [0.25, 0.3) is 33.2 Å². The zero-order valence-corrected chi connectivity index (χ0v) is 19.9. The monoisotopic (exact) mass is 493 g/mol. The Morgan fingerprint density at radius 2 is 1.65 bits per heavy atom. The van der Waals surface area contributed by atoms with E-state index in [0.717, 1.165) is 44.1 Å². The molecule has 0 amide bonds. The summed E-state index contributed by atoms with van der Waals surface area (Å²) in [7, 11) is -3.07. The number of fused-ring (bicyclic) bond motifs is 1. The molecule has 3 nitrogen and oxygen atoms in total. The second-order valence-electron chi connectivity index (χ2n) is 8.05. The van der Waals surface area contributed by atoms with Gasteiger partial charge in [-0.25, -0.2) is 8.42 Å². The largest absolute Gasteiger partial charge is 0.256 e. The molecule has 4 aromatic rings. The van der Waals surface area contributed by atoms with Crippen molar-refractivity contribution in [3.8, 4) is 22.3 Å². The molecule has 3 aromatic carbocycles. The fourth-order valence-corrected chi connectivity index (χ4v) is 5.40. The van der Waals surface area contributed by atoms with E-state index in [2.05, 4.69) is 81.6 Å². The number of benzene rings is 3. The summed E-state index contributed by atoms with van der Waals surface area (Å²) in [6, 6.07) is 25.1. The van der Waals surface area contributed by atoms with Gasteiger partial charge >= 0.3 is 0 Å². The van der Waals surface area contributed by atoms with E-state index in [0.29, 0.717) is 0 Å². The summed E-state index contributed by atoms with van der Waals surface area (Å²) in [6.45, 7) is 1.96. The number of rotatable bonds is 6. The molecule has 1 unspecified atom stereocenters. The molecule has 0 aliphatic rings. The number of aromatic nitrogens is 1. The lowest BCUT2D eigenvalue weighted by Crippen LogP contribution is -2.10. The van der Waals surface area contributed by atoms with Crippen molar-refractivity contribution in [3.63, 3.8) is 0 Å². The Hall–Kier alpha value is -2.50. The van der Waals surface area contributed by atoms with Gasteiger partial charge in [0.25, 0.3) is 0 Å². The van der Waals surface area contributed by atoms with Crippen LogP contribution in [-0.2, 0) is 15.2 Å². The molecule has 158 valence electrons. The molecule has 0 aliphatic heterocycles.